The Morgan fingerprint density at radius 1 is 1.19 bits per heavy atom. The molecule has 0 radical (unpaired) electrons. The first-order valence-corrected chi connectivity index (χ1v) is 9.57. The third-order valence-corrected chi connectivity index (χ3v) is 5.99. The van der Waals surface area contributed by atoms with Gasteiger partial charge >= 0.3 is 12.0 Å². The maximum absolute atomic E-state index is 13.0. The molecule has 1 aliphatic rings. The summed E-state index contributed by atoms with van der Waals surface area (Å²) in [5.74, 6) is -1.03. The van der Waals surface area contributed by atoms with E-state index in [0.29, 0.717) is 9.33 Å². The smallest absolute Gasteiger partial charge is 0.344 e. The lowest BCUT2D eigenvalue weighted by Gasteiger charge is -2.34. The van der Waals surface area contributed by atoms with Gasteiger partial charge < -0.3 is 9.84 Å². The van der Waals surface area contributed by atoms with Gasteiger partial charge in [-0.05, 0) is 43.3 Å². The highest BCUT2D eigenvalue weighted by Gasteiger charge is 2.41. The molecule has 2 aromatic rings. The summed E-state index contributed by atoms with van der Waals surface area (Å²) in [6.45, 7) is 1.34. The van der Waals surface area contributed by atoms with E-state index < -0.39 is 28.1 Å². The van der Waals surface area contributed by atoms with Crippen LogP contribution in [0.25, 0.3) is 0 Å². The minimum atomic E-state index is -4.17. The molecule has 0 aliphatic carbocycles. The lowest BCUT2D eigenvalue weighted by Crippen LogP contribution is -2.49. The molecule has 8 nitrogen and oxygen atoms in total. The number of carboxylic acid groups (broad SMARTS) is 1. The number of ether oxygens (including phenoxy) is 1. The summed E-state index contributed by atoms with van der Waals surface area (Å²) >= 11 is 5.83. The molecule has 0 saturated carbocycles. The molecule has 3 rings (SSSR count). The van der Waals surface area contributed by atoms with Crippen LogP contribution in [-0.2, 0) is 14.8 Å². The zero-order chi connectivity index (χ0) is 19.9. The van der Waals surface area contributed by atoms with Gasteiger partial charge in [-0.3, -0.25) is 4.90 Å². The predicted molar refractivity (Wildman–Crippen MR) is 99.1 cm³/mol. The molecule has 142 valence electrons. The molecular weight excluding hydrogens is 396 g/mol. The van der Waals surface area contributed by atoms with Crippen LogP contribution in [0.1, 0.15) is 6.92 Å². The van der Waals surface area contributed by atoms with Crippen LogP contribution in [0, 0.1) is 0 Å². The van der Waals surface area contributed by atoms with Crippen LogP contribution in [0.5, 0.6) is 5.75 Å². The van der Waals surface area contributed by atoms with Crippen molar-refractivity contribution in [1.29, 1.82) is 0 Å². The number of hydrogen-bond acceptors (Lipinski definition) is 5. The summed E-state index contributed by atoms with van der Waals surface area (Å²) in [7, 11) is -2.75. The van der Waals surface area contributed by atoms with Gasteiger partial charge in [0.2, 0.25) is 0 Å². The summed E-state index contributed by atoms with van der Waals surface area (Å²) in [6, 6.07) is 9.00. The van der Waals surface area contributed by atoms with Crippen LogP contribution in [-0.4, -0.2) is 38.7 Å². The van der Waals surface area contributed by atoms with Gasteiger partial charge in [0, 0.05) is 18.1 Å². The monoisotopic (exact) mass is 410 g/mol. The average Bonchev–Trinajstić information content (AvgIpc) is 2.61. The second-order valence-electron chi connectivity index (χ2n) is 5.82. The van der Waals surface area contributed by atoms with E-state index in [0.717, 1.165) is 4.90 Å². The van der Waals surface area contributed by atoms with Crippen molar-refractivity contribution in [3.63, 3.8) is 0 Å². The Hall–Kier alpha value is -2.78. The number of carboxylic acids is 1. The van der Waals surface area contributed by atoms with Gasteiger partial charge in [0.05, 0.1) is 11.4 Å². The molecule has 2 aromatic carbocycles. The lowest BCUT2D eigenvalue weighted by atomic mass is 10.2. The molecule has 10 heteroatoms. The summed E-state index contributed by atoms with van der Waals surface area (Å²) < 4.78 is 31.9. The van der Waals surface area contributed by atoms with Crippen LogP contribution < -0.4 is 13.9 Å². The summed E-state index contributed by atoms with van der Waals surface area (Å²) in [6.07, 6.45) is -1.13. The largest absolute Gasteiger partial charge is 0.479 e. The number of amides is 2. The quantitative estimate of drug-likeness (QED) is 0.830. The van der Waals surface area contributed by atoms with E-state index in [1.165, 1.54) is 56.4 Å². The molecule has 0 saturated heterocycles. The Morgan fingerprint density at radius 3 is 2.41 bits per heavy atom. The maximum atomic E-state index is 13.0. The summed E-state index contributed by atoms with van der Waals surface area (Å²) in [5, 5.41) is 9.34. The first-order chi connectivity index (χ1) is 12.6. The van der Waals surface area contributed by atoms with Gasteiger partial charge in [0.25, 0.3) is 10.0 Å². The molecule has 0 bridgehead atoms. The van der Waals surface area contributed by atoms with Crippen molar-refractivity contribution in [1.82, 2.24) is 0 Å². The number of halogens is 1. The third kappa shape index (κ3) is 3.31. The van der Waals surface area contributed by atoms with Gasteiger partial charge in [-0.25, -0.2) is 18.0 Å². The zero-order valence-electron chi connectivity index (χ0n) is 14.3. The molecule has 1 heterocycles. The average molecular weight is 411 g/mol. The zero-order valence-corrected chi connectivity index (χ0v) is 15.9. The standard InChI is InChI=1S/C17H15ClN2O6S/c1-10(16(21)22)26-13-7-8-15-14(9-13)19(2)17(23)20(27(15,24)25)12-5-3-11(18)4-6-12/h3-10H,1-2H3,(H,21,22)/t10-/m0/s1. The van der Waals surface area contributed by atoms with Gasteiger partial charge in [0.15, 0.2) is 6.10 Å². The van der Waals surface area contributed by atoms with Crippen molar-refractivity contribution in [3.05, 3.63) is 47.5 Å². The second kappa shape index (κ2) is 6.75. The van der Waals surface area contributed by atoms with E-state index in [2.05, 4.69) is 0 Å². The molecule has 1 aliphatic heterocycles. The number of benzene rings is 2. The second-order valence-corrected chi connectivity index (χ2v) is 8.01. The number of urea groups is 1. The number of carbonyl (C=O) groups is 2. The molecule has 27 heavy (non-hydrogen) atoms. The number of anilines is 2. The van der Waals surface area contributed by atoms with Crippen molar-refractivity contribution in [2.45, 2.75) is 17.9 Å². The van der Waals surface area contributed by atoms with Crippen molar-refractivity contribution in [2.75, 3.05) is 16.3 Å². The Kier molecular flexibility index (Phi) is 4.75. The Balaban J connectivity index is 2.08. The van der Waals surface area contributed by atoms with Gasteiger partial charge in [-0.2, -0.15) is 4.31 Å². The van der Waals surface area contributed by atoms with E-state index >= 15 is 0 Å². The van der Waals surface area contributed by atoms with Crippen molar-refractivity contribution >= 4 is 45.0 Å². The summed E-state index contributed by atoms with van der Waals surface area (Å²) in [5.41, 5.74) is 0.252. The van der Waals surface area contributed by atoms with Crippen LogP contribution >= 0.6 is 11.6 Å². The number of fused-ring (bicyclic) bond motifs is 1. The highest BCUT2D eigenvalue weighted by Crippen LogP contribution is 2.38. The Labute approximate surface area is 160 Å². The lowest BCUT2D eigenvalue weighted by molar-refractivity contribution is -0.144. The topological polar surface area (TPSA) is 104 Å². The number of hydrogen-bond donors (Lipinski definition) is 1. The van der Waals surface area contributed by atoms with Crippen LogP contribution in [0.15, 0.2) is 47.4 Å². The fourth-order valence-corrected chi connectivity index (χ4v) is 4.32. The number of rotatable bonds is 4. The Bertz CT molecular complexity index is 1020. The van der Waals surface area contributed by atoms with Crippen LogP contribution in [0.4, 0.5) is 16.2 Å². The molecule has 1 atom stereocenters. The van der Waals surface area contributed by atoms with E-state index in [1.807, 2.05) is 0 Å². The molecule has 2 amide bonds. The molecular formula is C17H15ClN2O6S. The number of nitrogens with zero attached hydrogens (tertiary/aromatic N) is 2. The minimum Gasteiger partial charge on any atom is -0.479 e. The van der Waals surface area contributed by atoms with E-state index in [1.54, 1.807) is 0 Å². The van der Waals surface area contributed by atoms with E-state index in [4.69, 9.17) is 21.4 Å². The first-order valence-electron chi connectivity index (χ1n) is 7.75. The number of sulfonamides is 1. The van der Waals surface area contributed by atoms with Crippen LogP contribution in [0.2, 0.25) is 5.02 Å². The van der Waals surface area contributed by atoms with Gasteiger partial charge in [-0.15, -0.1) is 0 Å². The van der Waals surface area contributed by atoms with E-state index in [9.17, 15) is 18.0 Å². The van der Waals surface area contributed by atoms with Crippen molar-refractivity contribution in [2.24, 2.45) is 0 Å². The molecule has 1 N–H and O–H groups in total. The van der Waals surface area contributed by atoms with Gasteiger partial charge in [0.1, 0.15) is 10.6 Å². The van der Waals surface area contributed by atoms with Gasteiger partial charge in [-0.1, -0.05) is 11.6 Å². The molecule has 0 spiro atoms. The van der Waals surface area contributed by atoms with Crippen molar-refractivity contribution in [3.8, 4) is 5.75 Å². The maximum Gasteiger partial charge on any atom is 0.344 e. The minimum absolute atomic E-state index is 0.0975. The molecule has 0 aromatic heterocycles. The predicted octanol–water partition coefficient (Wildman–Crippen LogP) is 2.96. The fourth-order valence-electron chi connectivity index (χ4n) is 2.57. The molecule has 0 fully saturated rings. The SMILES string of the molecule is C[C@H](Oc1ccc2c(c1)N(C)C(=O)N(c1ccc(Cl)cc1)S2(=O)=O)C(=O)O. The number of aliphatic carboxylic acids is 1. The highest BCUT2D eigenvalue weighted by atomic mass is 35.5. The summed E-state index contributed by atoms with van der Waals surface area (Å²) in [4.78, 5) is 24.7. The van der Waals surface area contributed by atoms with E-state index in [-0.39, 0.29) is 22.0 Å². The highest BCUT2D eigenvalue weighted by molar-refractivity contribution is 7.94. The number of carbonyl (C=O) groups excluding carboxylic acids is 1. The van der Waals surface area contributed by atoms with Crippen molar-refractivity contribution < 1.29 is 27.9 Å². The fraction of sp³-hybridized carbons (Fsp3) is 0.176. The molecule has 0 unspecified atom stereocenters. The first kappa shape index (κ1) is 19.0. The Morgan fingerprint density at radius 2 is 1.81 bits per heavy atom. The third-order valence-electron chi connectivity index (χ3n) is 3.99. The normalized spacial score (nSPS) is 16.6. The van der Waals surface area contributed by atoms with Crippen LogP contribution in [0.3, 0.4) is 0 Å².